The van der Waals surface area contributed by atoms with Crippen molar-refractivity contribution in [1.29, 1.82) is 0 Å². The highest BCUT2D eigenvalue weighted by Crippen LogP contribution is 2.45. The predicted octanol–water partition coefficient (Wildman–Crippen LogP) is 3.31. The molecule has 3 aromatic rings. The Labute approximate surface area is 216 Å². The van der Waals surface area contributed by atoms with E-state index in [9.17, 15) is 14.7 Å². The van der Waals surface area contributed by atoms with Crippen molar-refractivity contribution >= 4 is 52.4 Å². The van der Waals surface area contributed by atoms with Gasteiger partial charge in [0.05, 0.1) is 27.2 Å². The van der Waals surface area contributed by atoms with Gasteiger partial charge in [-0.25, -0.2) is 9.78 Å². The molecule has 3 unspecified atom stereocenters. The number of aromatic nitrogens is 4. The Kier molecular flexibility index (Phi) is 7.86. The quantitative estimate of drug-likeness (QED) is 0.326. The van der Waals surface area contributed by atoms with Crippen molar-refractivity contribution in [3.8, 4) is 11.5 Å². The summed E-state index contributed by atoms with van der Waals surface area (Å²) in [7, 11) is 2.98. The molecule has 1 aliphatic heterocycles. The first-order chi connectivity index (χ1) is 17.2. The zero-order valence-electron chi connectivity index (χ0n) is 20.1. The molecule has 1 aliphatic rings. The summed E-state index contributed by atoms with van der Waals surface area (Å²) >= 11 is 7.75. The number of rotatable bonds is 8. The topological polar surface area (TPSA) is 138 Å². The van der Waals surface area contributed by atoms with Crippen molar-refractivity contribution in [3.63, 3.8) is 0 Å². The van der Waals surface area contributed by atoms with Crippen LogP contribution in [-0.4, -0.2) is 68.7 Å². The molecular weight excluding hydrogens is 510 g/mol. The Morgan fingerprint density at radius 2 is 2.06 bits per heavy atom. The SMILES string of the molecule is COc1ccc(C(=O)OC2CC(CO)SC2n2cnc3c(Cl)nc(NC(=O)C(C)C)nc32)c(OC)c1. The van der Waals surface area contributed by atoms with Crippen LogP contribution in [0.4, 0.5) is 5.95 Å². The molecule has 0 radical (unpaired) electrons. The molecule has 0 aliphatic carbocycles. The highest BCUT2D eigenvalue weighted by Gasteiger charge is 2.40. The van der Waals surface area contributed by atoms with Crippen molar-refractivity contribution in [2.24, 2.45) is 5.92 Å². The van der Waals surface area contributed by atoms with Crippen LogP contribution in [-0.2, 0) is 9.53 Å². The standard InChI is InChI=1S/C23H26ClN5O6S/c1-11(2)20(31)28-23-26-18(24)17-19(27-23)29(10-25-17)21-16(8-13(9-30)36-21)35-22(32)14-6-5-12(33-3)7-15(14)34-4/h5-7,10-11,13,16,21,30H,8-9H2,1-4H3,(H,26,27,28,31). The molecule has 2 N–H and O–H groups in total. The summed E-state index contributed by atoms with van der Waals surface area (Å²) in [5.74, 6) is -0.204. The fourth-order valence-electron chi connectivity index (χ4n) is 3.73. The molecule has 4 rings (SSSR count). The average molecular weight is 536 g/mol. The molecule has 13 heteroatoms. The normalized spacial score (nSPS) is 19.5. The molecule has 3 heterocycles. The van der Waals surface area contributed by atoms with Crippen molar-refractivity contribution in [1.82, 2.24) is 19.5 Å². The highest BCUT2D eigenvalue weighted by molar-refractivity contribution is 8.00. The van der Waals surface area contributed by atoms with Crippen LogP contribution in [0.15, 0.2) is 24.5 Å². The van der Waals surface area contributed by atoms with Crippen LogP contribution >= 0.6 is 23.4 Å². The van der Waals surface area contributed by atoms with Crippen LogP contribution in [0.3, 0.4) is 0 Å². The maximum atomic E-state index is 13.1. The minimum absolute atomic E-state index is 0.0474. The van der Waals surface area contributed by atoms with Crippen LogP contribution in [0.5, 0.6) is 11.5 Å². The number of anilines is 1. The largest absolute Gasteiger partial charge is 0.497 e. The smallest absolute Gasteiger partial charge is 0.342 e. The summed E-state index contributed by atoms with van der Waals surface area (Å²) < 4.78 is 18.2. The van der Waals surface area contributed by atoms with Gasteiger partial charge in [0.2, 0.25) is 11.9 Å². The first kappa shape index (κ1) is 26.0. The third kappa shape index (κ3) is 5.20. The third-order valence-electron chi connectivity index (χ3n) is 5.65. The Hall–Kier alpha value is -3.09. The lowest BCUT2D eigenvalue weighted by Crippen LogP contribution is -2.25. The Balaban J connectivity index is 1.66. The first-order valence-electron chi connectivity index (χ1n) is 11.2. The first-order valence-corrected chi connectivity index (χ1v) is 12.5. The van der Waals surface area contributed by atoms with Gasteiger partial charge in [0.1, 0.15) is 34.1 Å². The number of aliphatic hydroxyl groups is 1. The van der Waals surface area contributed by atoms with E-state index in [1.807, 2.05) is 0 Å². The summed E-state index contributed by atoms with van der Waals surface area (Å²) in [5, 5.41) is 11.9. The van der Waals surface area contributed by atoms with Crippen LogP contribution < -0.4 is 14.8 Å². The molecule has 1 aromatic carbocycles. The van der Waals surface area contributed by atoms with Gasteiger partial charge in [-0.2, -0.15) is 9.97 Å². The number of hydrogen-bond donors (Lipinski definition) is 2. The summed E-state index contributed by atoms with van der Waals surface area (Å²) in [4.78, 5) is 38.2. The number of carbonyl (C=O) groups excluding carboxylic acids is 2. The molecule has 36 heavy (non-hydrogen) atoms. The number of esters is 1. The van der Waals surface area contributed by atoms with Crippen molar-refractivity contribution in [2.75, 3.05) is 26.1 Å². The van der Waals surface area contributed by atoms with Gasteiger partial charge < -0.3 is 19.3 Å². The van der Waals surface area contributed by atoms with Gasteiger partial charge in [-0.05, 0) is 12.1 Å². The molecule has 1 amide bonds. The second-order valence-electron chi connectivity index (χ2n) is 8.38. The Morgan fingerprint density at radius 3 is 2.72 bits per heavy atom. The number of ether oxygens (including phenoxy) is 3. The van der Waals surface area contributed by atoms with Crippen molar-refractivity contribution in [2.45, 2.75) is 37.0 Å². The van der Waals surface area contributed by atoms with Gasteiger partial charge >= 0.3 is 5.97 Å². The molecule has 0 saturated carbocycles. The molecule has 192 valence electrons. The van der Waals surface area contributed by atoms with E-state index in [1.54, 1.807) is 36.6 Å². The van der Waals surface area contributed by atoms with E-state index in [1.165, 1.54) is 32.3 Å². The molecule has 0 bridgehead atoms. The van der Waals surface area contributed by atoms with Gasteiger partial charge in [0.25, 0.3) is 0 Å². The monoisotopic (exact) mass is 535 g/mol. The van der Waals surface area contributed by atoms with E-state index in [2.05, 4.69) is 20.3 Å². The van der Waals surface area contributed by atoms with E-state index < -0.39 is 17.4 Å². The fourth-order valence-corrected chi connectivity index (χ4v) is 5.35. The number of aliphatic hydroxyl groups excluding tert-OH is 1. The number of nitrogens with zero attached hydrogens (tertiary/aromatic N) is 4. The maximum absolute atomic E-state index is 13.1. The number of halogens is 1. The maximum Gasteiger partial charge on any atom is 0.342 e. The number of imidazole rings is 1. The number of nitrogens with one attached hydrogen (secondary N) is 1. The molecule has 0 spiro atoms. The minimum Gasteiger partial charge on any atom is -0.497 e. The van der Waals surface area contributed by atoms with Crippen molar-refractivity contribution < 1.29 is 28.9 Å². The number of hydrogen-bond acceptors (Lipinski definition) is 10. The lowest BCUT2D eigenvalue weighted by atomic mass is 10.1. The van der Waals surface area contributed by atoms with E-state index in [0.717, 1.165) is 0 Å². The number of thioether (sulfide) groups is 1. The van der Waals surface area contributed by atoms with Crippen LogP contribution in [0.1, 0.15) is 36.0 Å². The lowest BCUT2D eigenvalue weighted by molar-refractivity contribution is -0.118. The fraction of sp³-hybridized carbons (Fsp3) is 0.435. The summed E-state index contributed by atoms with van der Waals surface area (Å²) in [6.45, 7) is 3.40. The Morgan fingerprint density at radius 1 is 1.28 bits per heavy atom. The zero-order chi connectivity index (χ0) is 26.0. The molecule has 3 atom stereocenters. The average Bonchev–Trinajstić information content (AvgIpc) is 3.47. The van der Waals surface area contributed by atoms with Crippen LogP contribution in [0.25, 0.3) is 11.2 Å². The van der Waals surface area contributed by atoms with Gasteiger partial charge in [0.15, 0.2) is 10.8 Å². The van der Waals surface area contributed by atoms with Gasteiger partial charge in [0, 0.05) is 23.7 Å². The number of carbonyl (C=O) groups is 2. The lowest BCUT2D eigenvalue weighted by Gasteiger charge is -2.21. The van der Waals surface area contributed by atoms with Crippen molar-refractivity contribution in [3.05, 3.63) is 35.2 Å². The van der Waals surface area contributed by atoms with Gasteiger partial charge in [-0.1, -0.05) is 25.4 Å². The third-order valence-corrected chi connectivity index (χ3v) is 7.45. The van der Waals surface area contributed by atoms with E-state index in [4.69, 9.17) is 25.8 Å². The van der Waals surface area contributed by atoms with E-state index in [-0.39, 0.29) is 40.3 Å². The predicted molar refractivity (Wildman–Crippen MR) is 135 cm³/mol. The van der Waals surface area contributed by atoms with Crippen LogP contribution in [0.2, 0.25) is 5.15 Å². The number of amides is 1. The van der Waals surface area contributed by atoms with Gasteiger partial charge in [-0.3, -0.25) is 14.7 Å². The molecule has 11 nitrogen and oxygen atoms in total. The molecular formula is C23H26ClN5O6S. The Bertz CT molecular complexity index is 1290. The van der Waals surface area contributed by atoms with E-state index in [0.29, 0.717) is 29.1 Å². The second kappa shape index (κ2) is 10.9. The summed E-state index contributed by atoms with van der Waals surface area (Å²) in [6, 6.07) is 4.82. The van der Waals surface area contributed by atoms with E-state index >= 15 is 0 Å². The number of benzene rings is 1. The molecule has 1 fully saturated rings. The minimum atomic E-state index is -0.619. The number of fused-ring (bicyclic) bond motifs is 1. The second-order valence-corrected chi connectivity index (χ2v) is 10.2. The zero-order valence-corrected chi connectivity index (χ0v) is 21.7. The summed E-state index contributed by atoms with van der Waals surface area (Å²) in [5.41, 5.74) is 0.955. The highest BCUT2D eigenvalue weighted by atomic mass is 35.5. The van der Waals surface area contributed by atoms with Crippen LogP contribution in [0, 0.1) is 5.92 Å². The van der Waals surface area contributed by atoms with Gasteiger partial charge in [-0.15, -0.1) is 11.8 Å². The summed E-state index contributed by atoms with van der Waals surface area (Å²) in [6.07, 6.45) is 1.32. The molecule has 2 aromatic heterocycles. The number of methoxy groups -OCH3 is 2. The molecule has 1 saturated heterocycles.